The fourth-order valence-corrected chi connectivity index (χ4v) is 2.52. The third-order valence-electron chi connectivity index (χ3n) is 3.63. The van der Waals surface area contributed by atoms with E-state index in [1.165, 1.54) is 6.20 Å². The predicted molar refractivity (Wildman–Crippen MR) is 101 cm³/mol. The summed E-state index contributed by atoms with van der Waals surface area (Å²) in [5.74, 6) is 0.376. The number of carbonyl (C=O) groups is 1. The van der Waals surface area contributed by atoms with Crippen molar-refractivity contribution in [2.24, 2.45) is 0 Å². The Labute approximate surface area is 151 Å². The molecule has 3 aromatic rings. The molecule has 1 amide bonds. The number of nitrogens with zero attached hydrogens (tertiary/aromatic N) is 3. The van der Waals surface area contributed by atoms with Crippen LogP contribution in [0, 0.1) is 0 Å². The minimum absolute atomic E-state index is 0.253. The van der Waals surface area contributed by atoms with Crippen LogP contribution in [0.4, 0.5) is 17.2 Å². The second-order valence-electron chi connectivity index (χ2n) is 5.30. The van der Waals surface area contributed by atoms with Crippen LogP contribution in [0.2, 0.25) is 5.02 Å². The average Bonchev–Trinajstić information content (AvgIpc) is 2.66. The topological polar surface area (TPSA) is 58.1 Å². The molecule has 1 N–H and O–H groups in total. The Morgan fingerprint density at radius 3 is 2.36 bits per heavy atom. The lowest BCUT2D eigenvalue weighted by atomic mass is 10.3. The SMILES string of the molecule is CCN(c1ccccc1)c1cnc(C(=O)Nc2ccc(Cl)cc2)cn1. The van der Waals surface area contributed by atoms with Crippen molar-refractivity contribution in [3.63, 3.8) is 0 Å². The molecule has 0 atom stereocenters. The summed E-state index contributed by atoms with van der Waals surface area (Å²) in [6, 6.07) is 16.8. The van der Waals surface area contributed by atoms with Crippen LogP contribution in [0.15, 0.2) is 67.0 Å². The van der Waals surface area contributed by atoms with Gasteiger partial charge in [0.2, 0.25) is 0 Å². The van der Waals surface area contributed by atoms with E-state index in [0.29, 0.717) is 16.5 Å². The number of halogens is 1. The summed E-state index contributed by atoms with van der Waals surface area (Å²) in [6.07, 6.45) is 3.08. The molecule has 6 heteroatoms. The van der Waals surface area contributed by atoms with E-state index in [0.717, 1.165) is 12.2 Å². The van der Waals surface area contributed by atoms with E-state index >= 15 is 0 Å². The molecular formula is C19H17ClN4O. The minimum atomic E-state index is -0.316. The van der Waals surface area contributed by atoms with Crippen molar-refractivity contribution in [2.75, 3.05) is 16.8 Å². The van der Waals surface area contributed by atoms with Crippen molar-refractivity contribution < 1.29 is 4.79 Å². The van der Waals surface area contributed by atoms with E-state index in [2.05, 4.69) is 15.3 Å². The maximum atomic E-state index is 12.3. The lowest BCUT2D eigenvalue weighted by Crippen LogP contribution is -2.19. The van der Waals surface area contributed by atoms with Gasteiger partial charge in [-0.15, -0.1) is 0 Å². The Morgan fingerprint density at radius 2 is 1.76 bits per heavy atom. The van der Waals surface area contributed by atoms with Crippen LogP contribution in [-0.2, 0) is 0 Å². The van der Waals surface area contributed by atoms with Gasteiger partial charge in [0.15, 0.2) is 5.82 Å². The zero-order chi connectivity index (χ0) is 17.6. The van der Waals surface area contributed by atoms with Crippen molar-refractivity contribution in [1.29, 1.82) is 0 Å². The average molecular weight is 353 g/mol. The number of carbonyl (C=O) groups excluding carboxylic acids is 1. The largest absolute Gasteiger partial charge is 0.325 e. The standard InChI is InChI=1S/C19H17ClN4O/c1-2-24(16-6-4-3-5-7-16)18-13-21-17(12-22-18)19(25)23-15-10-8-14(20)9-11-15/h3-13H,2H2,1H3,(H,23,25). The molecule has 0 radical (unpaired) electrons. The molecule has 0 fully saturated rings. The number of hydrogen-bond acceptors (Lipinski definition) is 4. The van der Waals surface area contributed by atoms with E-state index in [1.54, 1.807) is 30.5 Å². The van der Waals surface area contributed by atoms with Crippen LogP contribution in [0.25, 0.3) is 0 Å². The molecule has 3 rings (SSSR count). The number of nitrogens with one attached hydrogen (secondary N) is 1. The fourth-order valence-electron chi connectivity index (χ4n) is 2.39. The predicted octanol–water partition coefficient (Wildman–Crippen LogP) is 4.54. The molecule has 0 aliphatic carbocycles. The Kier molecular flexibility index (Phi) is 5.26. The molecule has 0 spiro atoms. The molecule has 5 nitrogen and oxygen atoms in total. The van der Waals surface area contributed by atoms with E-state index in [-0.39, 0.29) is 11.6 Å². The molecular weight excluding hydrogens is 336 g/mol. The van der Waals surface area contributed by atoms with Crippen molar-refractivity contribution in [3.05, 3.63) is 77.7 Å². The second-order valence-corrected chi connectivity index (χ2v) is 5.74. The van der Waals surface area contributed by atoms with Gasteiger partial charge in [-0.2, -0.15) is 0 Å². The van der Waals surface area contributed by atoms with E-state index in [4.69, 9.17) is 11.6 Å². The summed E-state index contributed by atoms with van der Waals surface area (Å²) < 4.78 is 0. The molecule has 1 heterocycles. The first-order chi connectivity index (χ1) is 12.2. The highest BCUT2D eigenvalue weighted by Gasteiger charge is 2.12. The van der Waals surface area contributed by atoms with Crippen molar-refractivity contribution >= 4 is 34.7 Å². The van der Waals surface area contributed by atoms with Crippen molar-refractivity contribution in [1.82, 2.24) is 9.97 Å². The fraction of sp³-hybridized carbons (Fsp3) is 0.105. The molecule has 0 unspecified atom stereocenters. The summed E-state index contributed by atoms with van der Waals surface area (Å²) in [7, 11) is 0. The number of rotatable bonds is 5. The van der Waals surface area contributed by atoms with Gasteiger partial charge in [-0.25, -0.2) is 9.97 Å². The maximum Gasteiger partial charge on any atom is 0.275 e. The smallest absolute Gasteiger partial charge is 0.275 e. The number of anilines is 3. The normalized spacial score (nSPS) is 10.3. The van der Waals surface area contributed by atoms with Gasteiger partial charge in [0.25, 0.3) is 5.91 Å². The van der Waals surface area contributed by atoms with Gasteiger partial charge in [0.1, 0.15) is 5.69 Å². The van der Waals surface area contributed by atoms with Crippen LogP contribution in [0.3, 0.4) is 0 Å². The van der Waals surface area contributed by atoms with Crippen LogP contribution >= 0.6 is 11.6 Å². The van der Waals surface area contributed by atoms with Crippen LogP contribution in [0.1, 0.15) is 17.4 Å². The molecule has 25 heavy (non-hydrogen) atoms. The Balaban J connectivity index is 1.75. The lowest BCUT2D eigenvalue weighted by molar-refractivity contribution is 0.102. The first-order valence-corrected chi connectivity index (χ1v) is 8.26. The number of para-hydroxylation sites is 1. The highest BCUT2D eigenvalue weighted by atomic mass is 35.5. The van der Waals surface area contributed by atoms with E-state index in [1.807, 2.05) is 42.2 Å². The molecule has 1 aromatic heterocycles. The van der Waals surface area contributed by atoms with Crippen LogP contribution in [-0.4, -0.2) is 22.4 Å². The summed E-state index contributed by atoms with van der Waals surface area (Å²) in [5, 5.41) is 3.38. The molecule has 0 saturated heterocycles. The van der Waals surface area contributed by atoms with Gasteiger partial charge in [0, 0.05) is 22.9 Å². The van der Waals surface area contributed by atoms with Gasteiger partial charge >= 0.3 is 0 Å². The summed E-state index contributed by atoms with van der Waals surface area (Å²) >= 11 is 5.84. The number of hydrogen-bond donors (Lipinski definition) is 1. The molecule has 0 aliphatic heterocycles. The third kappa shape index (κ3) is 4.14. The lowest BCUT2D eigenvalue weighted by Gasteiger charge is -2.21. The van der Waals surface area contributed by atoms with E-state index < -0.39 is 0 Å². The van der Waals surface area contributed by atoms with Gasteiger partial charge in [-0.3, -0.25) is 4.79 Å². The third-order valence-corrected chi connectivity index (χ3v) is 3.89. The quantitative estimate of drug-likeness (QED) is 0.732. The van der Waals surface area contributed by atoms with Gasteiger partial charge in [-0.1, -0.05) is 29.8 Å². The Morgan fingerprint density at radius 1 is 1.04 bits per heavy atom. The first-order valence-electron chi connectivity index (χ1n) is 7.89. The van der Waals surface area contributed by atoms with Crippen molar-refractivity contribution in [3.8, 4) is 0 Å². The summed E-state index contributed by atoms with van der Waals surface area (Å²) in [5.41, 5.74) is 1.93. The highest BCUT2D eigenvalue weighted by molar-refractivity contribution is 6.30. The molecule has 0 bridgehead atoms. The number of benzene rings is 2. The molecule has 0 aliphatic rings. The van der Waals surface area contributed by atoms with Crippen molar-refractivity contribution in [2.45, 2.75) is 6.92 Å². The van der Waals surface area contributed by atoms with Crippen LogP contribution < -0.4 is 10.2 Å². The molecule has 0 saturated carbocycles. The maximum absolute atomic E-state index is 12.3. The molecule has 126 valence electrons. The molecule has 2 aromatic carbocycles. The second kappa shape index (κ2) is 7.77. The Bertz CT molecular complexity index is 836. The van der Waals surface area contributed by atoms with Crippen LogP contribution in [0.5, 0.6) is 0 Å². The number of amides is 1. The highest BCUT2D eigenvalue weighted by Crippen LogP contribution is 2.22. The minimum Gasteiger partial charge on any atom is -0.325 e. The van der Waals surface area contributed by atoms with Gasteiger partial charge < -0.3 is 10.2 Å². The summed E-state index contributed by atoms with van der Waals surface area (Å²) in [4.78, 5) is 22.9. The summed E-state index contributed by atoms with van der Waals surface area (Å²) in [6.45, 7) is 2.78. The Hall–Kier alpha value is -2.92. The first kappa shape index (κ1) is 16.9. The zero-order valence-corrected chi connectivity index (χ0v) is 14.4. The van der Waals surface area contributed by atoms with Gasteiger partial charge in [-0.05, 0) is 43.3 Å². The zero-order valence-electron chi connectivity index (χ0n) is 13.7. The van der Waals surface area contributed by atoms with E-state index in [9.17, 15) is 4.79 Å². The number of aromatic nitrogens is 2. The monoisotopic (exact) mass is 352 g/mol. The van der Waals surface area contributed by atoms with Gasteiger partial charge in [0.05, 0.1) is 12.4 Å².